The molecule has 4 aliphatic heterocycles. The van der Waals surface area contributed by atoms with Crippen LogP contribution in [-0.2, 0) is 17.6 Å². The third-order valence-electron chi connectivity index (χ3n) is 6.17. The summed E-state index contributed by atoms with van der Waals surface area (Å²) >= 11 is 0. The standard InChI is InChI=1S/C21H21NO5/c1-23-3-2-22-16-4-12-6-18-20(26-10-24-18)8-14(12)17(22)5-13-7-19-21(9-15(13)16)27-11-25-19/h6-9,16-17H,2-5,10-11H2,1H3. The normalized spacial score (nSPS) is 23.9. The molecule has 0 amide bonds. The van der Waals surface area contributed by atoms with E-state index in [1.807, 2.05) is 0 Å². The maximum absolute atomic E-state index is 5.65. The van der Waals surface area contributed by atoms with E-state index in [1.165, 1.54) is 22.3 Å². The molecule has 0 N–H and O–H groups in total. The van der Waals surface area contributed by atoms with Crippen molar-refractivity contribution in [2.45, 2.75) is 24.9 Å². The Morgan fingerprint density at radius 3 is 1.78 bits per heavy atom. The quantitative estimate of drug-likeness (QED) is 0.831. The zero-order valence-corrected chi connectivity index (χ0v) is 15.2. The molecular weight excluding hydrogens is 346 g/mol. The van der Waals surface area contributed by atoms with Gasteiger partial charge in [0.25, 0.3) is 0 Å². The van der Waals surface area contributed by atoms with Crippen LogP contribution in [0.2, 0.25) is 0 Å². The van der Waals surface area contributed by atoms with E-state index in [9.17, 15) is 0 Å². The molecule has 0 aromatic heterocycles. The molecule has 0 fully saturated rings. The van der Waals surface area contributed by atoms with Crippen molar-refractivity contribution in [1.29, 1.82) is 0 Å². The number of ether oxygens (including phenoxy) is 5. The van der Waals surface area contributed by atoms with Crippen LogP contribution in [-0.4, -0.2) is 38.7 Å². The molecule has 6 heteroatoms. The van der Waals surface area contributed by atoms with Crippen LogP contribution in [0, 0.1) is 0 Å². The molecule has 0 spiro atoms. The zero-order valence-electron chi connectivity index (χ0n) is 15.2. The molecule has 4 heterocycles. The van der Waals surface area contributed by atoms with Gasteiger partial charge >= 0.3 is 0 Å². The molecule has 2 aromatic rings. The third-order valence-corrected chi connectivity index (χ3v) is 6.17. The molecule has 0 radical (unpaired) electrons. The Labute approximate surface area is 157 Å². The highest BCUT2D eigenvalue weighted by molar-refractivity contribution is 5.56. The van der Waals surface area contributed by atoms with Gasteiger partial charge in [-0.15, -0.1) is 0 Å². The second-order valence-corrected chi connectivity index (χ2v) is 7.48. The van der Waals surface area contributed by atoms with Gasteiger partial charge in [0.05, 0.1) is 6.61 Å². The Hall–Kier alpha value is -2.44. The third kappa shape index (κ3) is 2.26. The SMILES string of the molecule is COCCN1C2Cc3cc4c(cc3C1Cc1cc3c(cc12)OCO3)OCO4. The molecule has 0 saturated carbocycles. The summed E-state index contributed by atoms with van der Waals surface area (Å²) in [5, 5.41) is 0. The van der Waals surface area contributed by atoms with E-state index >= 15 is 0 Å². The fourth-order valence-electron chi connectivity index (χ4n) is 4.93. The Bertz CT molecular complexity index is 856. The fourth-order valence-corrected chi connectivity index (χ4v) is 4.93. The molecule has 2 atom stereocenters. The molecule has 0 aliphatic carbocycles. The smallest absolute Gasteiger partial charge is 0.231 e. The highest BCUT2D eigenvalue weighted by Crippen LogP contribution is 2.52. The maximum atomic E-state index is 5.65. The number of hydrogen-bond acceptors (Lipinski definition) is 6. The number of benzene rings is 2. The van der Waals surface area contributed by atoms with Crippen molar-refractivity contribution in [3.05, 3.63) is 46.5 Å². The van der Waals surface area contributed by atoms with E-state index in [4.69, 9.17) is 23.7 Å². The predicted molar refractivity (Wildman–Crippen MR) is 96.6 cm³/mol. The van der Waals surface area contributed by atoms with Crippen LogP contribution in [0.1, 0.15) is 34.3 Å². The lowest BCUT2D eigenvalue weighted by molar-refractivity contribution is 0.0632. The summed E-state index contributed by atoms with van der Waals surface area (Å²) in [5.74, 6) is 3.44. The van der Waals surface area contributed by atoms with E-state index in [2.05, 4.69) is 29.2 Å². The fraction of sp³-hybridized carbons (Fsp3) is 0.429. The Balaban J connectivity index is 1.48. The molecule has 27 heavy (non-hydrogen) atoms. The molecule has 6 rings (SSSR count). The lowest BCUT2D eigenvalue weighted by atomic mass is 9.76. The van der Waals surface area contributed by atoms with Gasteiger partial charge in [-0.1, -0.05) is 0 Å². The van der Waals surface area contributed by atoms with Crippen molar-refractivity contribution >= 4 is 0 Å². The Morgan fingerprint density at radius 2 is 1.30 bits per heavy atom. The summed E-state index contributed by atoms with van der Waals surface area (Å²) in [5.41, 5.74) is 5.39. The van der Waals surface area contributed by atoms with Gasteiger partial charge in [0.1, 0.15) is 0 Å². The molecule has 0 saturated heterocycles. The monoisotopic (exact) mass is 367 g/mol. The molecule has 4 aliphatic rings. The van der Waals surface area contributed by atoms with E-state index < -0.39 is 0 Å². The van der Waals surface area contributed by atoms with Gasteiger partial charge in [-0.3, -0.25) is 4.90 Å². The van der Waals surface area contributed by atoms with Crippen LogP contribution in [0.15, 0.2) is 24.3 Å². The molecule has 6 nitrogen and oxygen atoms in total. The van der Waals surface area contributed by atoms with Crippen molar-refractivity contribution in [2.75, 3.05) is 33.8 Å². The van der Waals surface area contributed by atoms with Crippen LogP contribution < -0.4 is 18.9 Å². The van der Waals surface area contributed by atoms with Gasteiger partial charge in [-0.25, -0.2) is 0 Å². The van der Waals surface area contributed by atoms with Crippen molar-refractivity contribution in [2.24, 2.45) is 0 Å². The van der Waals surface area contributed by atoms with E-state index in [-0.39, 0.29) is 0 Å². The van der Waals surface area contributed by atoms with Crippen molar-refractivity contribution in [3.63, 3.8) is 0 Å². The highest BCUT2D eigenvalue weighted by Gasteiger charge is 2.42. The van der Waals surface area contributed by atoms with Gasteiger partial charge < -0.3 is 23.7 Å². The van der Waals surface area contributed by atoms with Crippen LogP contribution in [0.5, 0.6) is 23.0 Å². The summed E-state index contributed by atoms with van der Waals surface area (Å²) in [6.45, 7) is 2.23. The van der Waals surface area contributed by atoms with E-state index in [0.717, 1.165) is 42.4 Å². The Morgan fingerprint density at radius 1 is 0.815 bits per heavy atom. The average molecular weight is 367 g/mol. The highest BCUT2D eigenvalue weighted by atomic mass is 16.7. The van der Waals surface area contributed by atoms with Crippen LogP contribution >= 0.6 is 0 Å². The number of rotatable bonds is 3. The number of fused-ring (bicyclic) bond motifs is 8. The Kier molecular flexibility index (Phi) is 3.34. The predicted octanol–water partition coefficient (Wildman–Crippen LogP) is 2.99. The molecule has 2 aromatic carbocycles. The topological polar surface area (TPSA) is 49.4 Å². The van der Waals surface area contributed by atoms with Gasteiger partial charge in [0.15, 0.2) is 23.0 Å². The second kappa shape index (κ2) is 5.78. The zero-order chi connectivity index (χ0) is 18.0. The summed E-state index contributed by atoms with van der Waals surface area (Å²) < 4.78 is 27.9. The molecule has 2 bridgehead atoms. The minimum atomic E-state index is 0.302. The van der Waals surface area contributed by atoms with Crippen LogP contribution in [0.3, 0.4) is 0 Å². The molecular formula is C21H21NO5. The number of methoxy groups -OCH3 is 1. The number of hydrogen-bond donors (Lipinski definition) is 0. The van der Waals surface area contributed by atoms with Crippen molar-refractivity contribution in [3.8, 4) is 23.0 Å². The maximum Gasteiger partial charge on any atom is 0.231 e. The van der Waals surface area contributed by atoms with Crippen molar-refractivity contribution < 1.29 is 23.7 Å². The van der Waals surface area contributed by atoms with Gasteiger partial charge in [0, 0.05) is 25.7 Å². The first-order chi connectivity index (χ1) is 13.3. The summed E-state index contributed by atoms with van der Waals surface area (Å²) in [7, 11) is 1.76. The second-order valence-electron chi connectivity index (χ2n) is 7.48. The first-order valence-electron chi connectivity index (χ1n) is 9.41. The molecule has 2 unspecified atom stereocenters. The minimum absolute atomic E-state index is 0.302. The van der Waals surface area contributed by atoms with Crippen LogP contribution in [0.25, 0.3) is 0 Å². The summed E-state index contributed by atoms with van der Waals surface area (Å²) in [6.07, 6.45) is 1.89. The van der Waals surface area contributed by atoms with E-state index in [0.29, 0.717) is 32.3 Å². The lowest BCUT2D eigenvalue weighted by Crippen LogP contribution is -2.44. The summed E-state index contributed by atoms with van der Waals surface area (Å²) in [4.78, 5) is 2.57. The first-order valence-corrected chi connectivity index (χ1v) is 9.41. The van der Waals surface area contributed by atoms with Gasteiger partial charge in [-0.05, 0) is 59.4 Å². The van der Waals surface area contributed by atoms with Gasteiger partial charge in [0.2, 0.25) is 13.6 Å². The lowest BCUT2D eigenvalue weighted by Gasteiger charge is -2.48. The first kappa shape index (κ1) is 15.6. The molecule has 140 valence electrons. The van der Waals surface area contributed by atoms with Crippen molar-refractivity contribution in [1.82, 2.24) is 4.90 Å². The largest absolute Gasteiger partial charge is 0.454 e. The minimum Gasteiger partial charge on any atom is -0.454 e. The average Bonchev–Trinajstić information content (AvgIpc) is 3.32. The number of nitrogens with zero attached hydrogens (tertiary/aromatic N) is 1. The van der Waals surface area contributed by atoms with Crippen LogP contribution in [0.4, 0.5) is 0 Å². The van der Waals surface area contributed by atoms with Gasteiger partial charge in [-0.2, -0.15) is 0 Å². The van der Waals surface area contributed by atoms with E-state index in [1.54, 1.807) is 7.11 Å². The summed E-state index contributed by atoms with van der Waals surface area (Å²) in [6, 6.07) is 9.30.